The number of aromatic nitrogens is 2. The molecule has 2 rings (SSSR count). The third-order valence-corrected chi connectivity index (χ3v) is 3.29. The molecule has 2 heterocycles. The highest BCUT2D eigenvalue weighted by molar-refractivity contribution is 7.14. The van der Waals surface area contributed by atoms with Gasteiger partial charge in [-0.2, -0.15) is 0 Å². The number of amides is 1. The van der Waals surface area contributed by atoms with E-state index in [2.05, 4.69) is 20.0 Å². The maximum absolute atomic E-state index is 11.9. The van der Waals surface area contributed by atoms with Gasteiger partial charge in [0.05, 0.1) is 19.2 Å². The second-order valence-electron chi connectivity index (χ2n) is 3.70. The summed E-state index contributed by atoms with van der Waals surface area (Å²) >= 11 is 6.93. The number of anilines is 1. The second-order valence-corrected chi connectivity index (χ2v) is 4.94. The van der Waals surface area contributed by atoms with Crippen molar-refractivity contribution in [3.63, 3.8) is 0 Å². The molecule has 6 nitrogen and oxygen atoms in total. The number of pyridine rings is 1. The molecule has 2 aromatic rings. The SMILES string of the molecule is COC(=O)Cc1csc(NC(=O)c2cccc(Cl)n2)n1. The molecule has 0 aliphatic heterocycles. The van der Waals surface area contributed by atoms with Crippen molar-refractivity contribution < 1.29 is 14.3 Å². The van der Waals surface area contributed by atoms with Crippen LogP contribution in [-0.4, -0.2) is 29.0 Å². The number of ether oxygens (including phenoxy) is 1. The lowest BCUT2D eigenvalue weighted by atomic mass is 10.3. The predicted octanol–water partition coefficient (Wildman–Crippen LogP) is 2.16. The van der Waals surface area contributed by atoms with Crippen LogP contribution in [0.25, 0.3) is 0 Å². The first kappa shape index (κ1) is 14.4. The van der Waals surface area contributed by atoms with Crippen molar-refractivity contribution in [2.75, 3.05) is 12.4 Å². The average molecular weight is 312 g/mol. The minimum atomic E-state index is -0.411. The average Bonchev–Trinajstić information content (AvgIpc) is 2.85. The fourth-order valence-electron chi connectivity index (χ4n) is 1.36. The summed E-state index contributed by atoms with van der Waals surface area (Å²) in [7, 11) is 1.31. The summed E-state index contributed by atoms with van der Waals surface area (Å²) in [5.74, 6) is -0.795. The van der Waals surface area contributed by atoms with Crippen LogP contribution >= 0.6 is 22.9 Å². The molecule has 0 unspecified atom stereocenters. The van der Waals surface area contributed by atoms with Gasteiger partial charge in [0, 0.05) is 5.38 Å². The third-order valence-electron chi connectivity index (χ3n) is 2.27. The van der Waals surface area contributed by atoms with Crippen molar-refractivity contribution in [1.82, 2.24) is 9.97 Å². The highest BCUT2D eigenvalue weighted by Crippen LogP contribution is 2.17. The lowest BCUT2D eigenvalue weighted by molar-refractivity contribution is -0.139. The van der Waals surface area contributed by atoms with Crippen LogP contribution in [0, 0.1) is 0 Å². The molecule has 1 amide bonds. The molecule has 1 N–H and O–H groups in total. The van der Waals surface area contributed by atoms with E-state index in [9.17, 15) is 9.59 Å². The number of esters is 1. The molecule has 0 saturated carbocycles. The van der Waals surface area contributed by atoms with E-state index in [4.69, 9.17) is 11.6 Å². The third kappa shape index (κ3) is 3.75. The zero-order chi connectivity index (χ0) is 14.5. The fourth-order valence-corrected chi connectivity index (χ4v) is 2.23. The Morgan fingerprint density at radius 1 is 1.40 bits per heavy atom. The Balaban J connectivity index is 2.03. The molecule has 8 heteroatoms. The van der Waals surface area contributed by atoms with Gasteiger partial charge in [-0.25, -0.2) is 9.97 Å². The molecular formula is C12H10ClN3O3S. The number of halogens is 1. The largest absolute Gasteiger partial charge is 0.469 e. The van der Waals surface area contributed by atoms with Crippen molar-refractivity contribution in [2.45, 2.75) is 6.42 Å². The predicted molar refractivity (Wildman–Crippen MR) is 75.0 cm³/mol. The summed E-state index contributed by atoms with van der Waals surface area (Å²) in [6.45, 7) is 0. The minimum Gasteiger partial charge on any atom is -0.469 e. The van der Waals surface area contributed by atoms with Crippen LogP contribution in [0.15, 0.2) is 23.6 Å². The number of nitrogens with zero attached hydrogens (tertiary/aromatic N) is 2. The number of nitrogens with one attached hydrogen (secondary N) is 1. The van der Waals surface area contributed by atoms with Crippen molar-refractivity contribution in [3.8, 4) is 0 Å². The fraction of sp³-hybridized carbons (Fsp3) is 0.167. The molecule has 0 aromatic carbocycles. The molecule has 104 valence electrons. The summed E-state index contributed by atoms with van der Waals surface area (Å²) in [6.07, 6.45) is 0.0677. The maximum Gasteiger partial charge on any atom is 0.311 e. The standard InChI is InChI=1S/C12H10ClN3O3S/c1-19-10(17)5-7-6-20-12(14-7)16-11(18)8-3-2-4-9(13)15-8/h2-4,6H,5H2,1H3,(H,14,16,18). The van der Waals surface area contributed by atoms with E-state index in [0.29, 0.717) is 10.8 Å². The van der Waals surface area contributed by atoms with E-state index in [1.807, 2.05) is 0 Å². The number of carbonyl (C=O) groups excluding carboxylic acids is 2. The molecule has 0 aliphatic rings. The Labute approximate surface area is 123 Å². The van der Waals surface area contributed by atoms with Gasteiger partial charge in [-0.1, -0.05) is 17.7 Å². The number of carbonyl (C=O) groups is 2. The molecule has 2 aromatic heterocycles. The van der Waals surface area contributed by atoms with Crippen molar-refractivity contribution in [1.29, 1.82) is 0 Å². The van der Waals surface area contributed by atoms with Crippen LogP contribution in [-0.2, 0) is 16.0 Å². The lowest BCUT2D eigenvalue weighted by Crippen LogP contribution is -2.13. The van der Waals surface area contributed by atoms with Crippen LogP contribution in [0.4, 0.5) is 5.13 Å². The molecule has 0 fully saturated rings. The first-order chi connectivity index (χ1) is 9.58. The first-order valence-corrected chi connectivity index (χ1v) is 6.79. The van der Waals surface area contributed by atoms with E-state index in [0.717, 1.165) is 0 Å². The molecule has 0 radical (unpaired) electrons. The number of methoxy groups -OCH3 is 1. The van der Waals surface area contributed by atoms with Gasteiger partial charge in [0.15, 0.2) is 5.13 Å². The number of hydrogen-bond donors (Lipinski definition) is 1. The zero-order valence-corrected chi connectivity index (χ0v) is 12.0. The normalized spacial score (nSPS) is 10.1. The van der Waals surface area contributed by atoms with Gasteiger partial charge in [0.25, 0.3) is 5.91 Å². The highest BCUT2D eigenvalue weighted by Gasteiger charge is 2.12. The molecule has 0 atom stereocenters. The molecular weight excluding hydrogens is 302 g/mol. The van der Waals surface area contributed by atoms with E-state index in [1.54, 1.807) is 23.6 Å². The molecule has 0 saturated heterocycles. The van der Waals surface area contributed by atoms with E-state index in [1.165, 1.54) is 18.4 Å². The first-order valence-electron chi connectivity index (χ1n) is 5.53. The summed E-state index contributed by atoms with van der Waals surface area (Å²) < 4.78 is 4.54. The number of hydrogen-bond acceptors (Lipinski definition) is 6. The van der Waals surface area contributed by atoms with E-state index >= 15 is 0 Å². The van der Waals surface area contributed by atoms with Crippen LogP contribution in [0.2, 0.25) is 5.15 Å². The topological polar surface area (TPSA) is 81.2 Å². The quantitative estimate of drug-likeness (QED) is 0.691. The second kappa shape index (κ2) is 6.44. The summed E-state index contributed by atoms with van der Waals surface area (Å²) in [4.78, 5) is 31.0. The summed E-state index contributed by atoms with van der Waals surface area (Å²) in [5.41, 5.74) is 0.735. The van der Waals surface area contributed by atoms with Crippen molar-refractivity contribution in [2.24, 2.45) is 0 Å². The molecule has 0 aliphatic carbocycles. The Hall–Kier alpha value is -1.99. The van der Waals surface area contributed by atoms with Gasteiger partial charge >= 0.3 is 5.97 Å². The zero-order valence-electron chi connectivity index (χ0n) is 10.4. The Morgan fingerprint density at radius 3 is 2.90 bits per heavy atom. The molecule has 0 bridgehead atoms. The Kier molecular flexibility index (Phi) is 4.65. The highest BCUT2D eigenvalue weighted by atomic mass is 35.5. The van der Waals surface area contributed by atoms with Gasteiger partial charge in [-0.05, 0) is 12.1 Å². The van der Waals surface area contributed by atoms with Gasteiger partial charge in [-0.3, -0.25) is 14.9 Å². The van der Waals surface area contributed by atoms with E-state index < -0.39 is 5.91 Å². The monoisotopic (exact) mass is 311 g/mol. The number of rotatable bonds is 4. The van der Waals surface area contributed by atoms with Crippen LogP contribution in [0.1, 0.15) is 16.2 Å². The van der Waals surface area contributed by atoms with Crippen molar-refractivity contribution in [3.05, 3.63) is 40.1 Å². The van der Waals surface area contributed by atoms with Gasteiger partial charge in [0.1, 0.15) is 10.8 Å². The Bertz CT molecular complexity index is 644. The van der Waals surface area contributed by atoms with Gasteiger partial charge in [0.2, 0.25) is 0 Å². The lowest BCUT2D eigenvalue weighted by Gasteiger charge is -2.00. The maximum atomic E-state index is 11.9. The minimum absolute atomic E-state index is 0.0677. The van der Waals surface area contributed by atoms with E-state index in [-0.39, 0.29) is 23.2 Å². The van der Waals surface area contributed by atoms with Crippen LogP contribution in [0.5, 0.6) is 0 Å². The Morgan fingerprint density at radius 2 is 2.20 bits per heavy atom. The van der Waals surface area contributed by atoms with Gasteiger partial charge in [-0.15, -0.1) is 11.3 Å². The number of thiazole rings is 1. The molecule has 20 heavy (non-hydrogen) atoms. The smallest absolute Gasteiger partial charge is 0.311 e. The van der Waals surface area contributed by atoms with Crippen LogP contribution < -0.4 is 5.32 Å². The molecule has 0 spiro atoms. The van der Waals surface area contributed by atoms with Crippen molar-refractivity contribution >= 4 is 39.9 Å². The summed E-state index contributed by atoms with van der Waals surface area (Å²) in [5, 5.41) is 4.89. The van der Waals surface area contributed by atoms with Crippen LogP contribution in [0.3, 0.4) is 0 Å². The summed E-state index contributed by atoms with van der Waals surface area (Å²) in [6, 6.07) is 4.76. The van der Waals surface area contributed by atoms with Gasteiger partial charge < -0.3 is 4.74 Å².